The van der Waals surface area contributed by atoms with Crippen LogP contribution in [0.5, 0.6) is 0 Å². The molecule has 0 aliphatic carbocycles. The summed E-state index contributed by atoms with van der Waals surface area (Å²) in [5.74, 6) is 5.35. The lowest BCUT2D eigenvalue weighted by Gasteiger charge is -2.07. The molecule has 4 N–H and O–H groups in total. The number of rotatable bonds is 3. The van der Waals surface area contributed by atoms with Crippen LogP contribution in [0.2, 0.25) is 5.15 Å². The molecule has 0 saturated heterocycles. The highest BCUT2D eigenvalue weighted by molar-refractivity contribution is 7.17. The number of halogens is 1. The first kappa shape index (κ1) is 13.8. The zero-order valence-corrected chi connectivity index (χ0v) is 12.3. The monoisotopic (exact) mass is 318 g/mol. The van der Waals surface area contributed by atoms with Crippen LogP contribution in [0, 0.1) is 0 Å². The van der Waals surface area contributed by atoms with E-state index < -0.39 is 0 Å². The number of nitrogens with zero attached hydrogens (tertiary/aromatic N) is 1. The number of nitrogens with two attached hydrogens (primary N) is 1. The molecule has 7 heteroatoms. The SMILES string of the molecule is NNc1cc(C(=O)Nc2ccc3sccc3c2)cc(Cl)n1. The largest absolute Gasteiger partial charge is 0.322 e. The van der Waals surface area contributed by atoms with Gasteiger partial charge >= 0.3 is 0 Å². The molecule has 2 heterocycles. The maximum atomic E-state index is 12.2. The fourth-order valence-electron chi connectivity index (χ4n) is 1.95. The van der Waals surface area contributed by atoms with Crippen LogP contribution in [0.4, 0.5) is 11.5 Å². The zero-order valence-electron chi connectivity index (χ0n) is 10.8. The Balaban J connectivity index is 1.86. The van der Waals surface area contributed by atoms with Gasteiger partial charge in [0.05, 0.1) is 0 Å². The van der Waals surface area contributed by atoms with Crippen LogP contribution in [0.3, 0.4) is 0 Å². The summed E-state index contributed by atoms with van der Waals surface area (Å²) in [4.78, 5) is 16.2. The van der Waals surface area contributed by atoms with Crippen LogP contribution in [0.25, 0.3) is 10.1 Å². The number of aromatic nitrogens is 1. The Morgan fingerprint density at radius 1 is 1.24 bits per heavy atom. The molecule has 0 unspecified atom stereocenters. The summed E-state index contributed by atoms with van der Waals surface area (Å²) < 4.78 is 1.18. The molecule has 1 aromatic carbocycles. The van der Waals surface area contributed by atoms with Crippen molar-refractivity contribution in [2.45, 2.75) is 0 Å². The molecule has 0 spiro atoms. The number of nitrogen functional groups attached to an aromatic ring is 1. The molecule has 106 valence electrons. The van der Waals surface area contributed by atoms with Gasteiger partial charge < -0.3 is 10.7 Å². The highest BCUT2D eigenvalue weighted by atomic mass is 35.5. The van der Waals surface area contributed by atoms with E-state index in [1.165, 1.54) is 16.8 Å². The van der Waals surface area contributed by atoms with Gasteiger partial charge in [-0.15, -0.1) is 11.3 Å². The molecule has 3 rings (SSSR count). The van der Waals surface area contributed by atoms with Gasteiger partial charge in [0.2, 0.25) is 0 Å². The fraction of sp³-hybridized carbons (Fsp3) is 0. The first-order valence-electron chi connectivity index (χ1n) is 6.08. The van der Waals surface area contributed by atoms with E-state index in [0.717, 1.165) is 11.1 Å². The number of nitrogens with one attached hydrogen (secondary N) is 2. The van der Waals surface area contributed by atoms with Crippen molar-refractivity contribution in [1.82, 2.24) is 4.98 Å². The fourth-order valence-corrected chi connectivity index (χ4v) is 2.93. The van der Waals surface area contributed by atoms with Gasteiger partial charge in [0.15, 0.2) is 0 Å². The highest BCUT2D eigenvalue weighted by Crippen LogP contribution is 2.24. The molecule has 0 radical (unpaired) electrons. The third kappa shape index (κ3) is 2.97. The summed E-state index contributed by atoms with van der Waals surface area (Å²) in [6.07, 6.45) is 0. The highest BCUT2D eigenvalue weighted by Gasteiger charge is 2.10. The van der Waals surface area contributed by atoms with E-state index in [-0.39, 0.29) is 11.1 Å². The van der Waals surface area contributed by atoms with Crippen LogP contribution in [0.15, 0.2) is 41.8 Å². The maximum Gasteiger partial charge on any atom is 0.255 e. The maximum absolute atomic E-state index is 12.2. The molecular formula is C14H11ClN4OS. The summed E-state index contributed by atoms with van der Waals surface area (Å²) in [6, 6.07) is 10.8. The van der Waals surface area contributed by atoms with Crippen molar-refractivity contribution in [1.29, 1.82) is 0 Å². The number of hydrazine groups is 1. The van der Waals surface area contributed by atoms with Gasteiger partial charge in [-0.05, 0) is 47.2 Å². The van der Waals surface area contributed by atoms with Crippen LogP contribution in [0.1, 0.15) is 10.4 Å². The quantitative estimate of drug-likeness (QED) is 0.392. The molecule has 0 saturated carbocycles. The standard InChI is InChI=1S/C14H11ClN4OS/c15-12-6-9(7-13(18-12)19-16)14(20)17-10-1-2-11-8(5-10)3-4-21-11/h1-7H,16H2,(H,17,20)(H,18,19). The molecule has 0 aliphatic heterocycles. The predicted molar refractivity (Wildman–Crippen MR) is 86.8 cm³/mol. The van der Waals surface area contributed by atoms with E-state index >= 15 is 0 Å². The molecule has 21 heavy (non-hydrogen) atoms. The third-order valence-electron chi connectivity index (χ3n) is 2.91. The predicted octanol–water partition coefficient (Wildman–Crippen LogP) is 3.49. The molecule has 5 nitrogen and oxygen atoms in total. The minimum atomic E-state index is -0.273. The number of hydrogen-bond donors (Lipinski definition) is 3. The molecule has 0 atom stereocenters. The second kappa shape index (κ2) is 5.69. The molecule has 0 bridgehead atoms. The van der Waals surface area contributed by atoms with Gasteiger partial charge in [-0.25, -0.2) is 10.8 Å². The second-order valence-electron chi connectivity index (χ2n) is 4.34. The van der Waals surface area contributed by atoms with Crippen molar-refractivity contribution in [2.24, 2.45) is 5.84 Å². The summed E-state index contributed by atoms with van der Waals surface area (Å²) in [7, 11) is 0. The van der Waals surface area contributed by atoms with Gasteiger partial charge in [-0.1, -0.05) is 11.6 Å². The second-order valence-corrected chi connectivity index (χ2v) is 5.67. The van der Waals surface area contributed by atoms with E-state index in [2.05, 4.69) is 15.7 Å². The smallest absolute Gasteiger partial charge is 0.255 e. The van der Waals surface area contributed by atoms with Crippen molar-refractivity contribution >= 4 is 50.4 Å². The number of carbonyl (C=O) groups is 1. The van der Waals surface area contributed by atoms with Gasteiger partial charge in [0.1, 0.15) is 11.0 Å². The molecule has 0 aliphatic rings. The average Bonchev–Trinajstić information content (AvgIpc) is 2.94. The van der Waals surface area contributed by atoms with Gasteiger partial charge in [0, 0.05) is 16.0 Å². The lowest BCUT2D eigenvalue weighted by atomic mass is 10.2. The number of anilines is 2. The number of thiophene rings is 1. The third-order valence-corrected chi connectivity index (χ3v) is 4.01. The lowest BCUT2D eigenvalue weighted by molar-refractivity contribution is 0.102. The van der Waals surface area contributed by atoms with Gasteiger partial charge in [0.25, 0.3) is 5.91 Å². The number of amides is 1. The molecule has 2 aromatic heterocycles. The number of hydrogen-bond acceptors (Lipinski definition) is 5. The van der Waals surface area contributed by atoms with Crippen LogP contribution >= 0.6 is 22.9 Å². The van der Waals surface area contributed by atoms with Crippen molar-refractivity contribution in [3.8, 4) is 0 Å². The Bertz CT molecular complexity index is 818. The van der Waals surface area contributed by atoms with Crippen molar-refractivity contribution in [2.75, 3.05) is 10.7 Å². The molecular weight excluding hydrogens is 308 g/mol. The number of pyridine rings is 1. The van der Waals surface area contributed by atoms with Crippen molar-refractivity contribution in [3.63, 3.8) is 0 Å². The Hall–Kier alpha value is -2.15. The van der Waals surface area contributed by atoms with E-state index in [9.17, 15) is 4.79 Å². The number of carbonyl (C=O) groups excluding carboxylic acids is 1. The Labute approximate surface area is 129 Å². The lowest BCUT2D eigenvalue weighted by Crippen LogP contribution is -2.14. The normalized spacial score (nSPS) is 10.6. The number of benzene rings is 1. The Morgan fingerprint density at radius 2 is 2.10 bits per heavy atom. The van der Waals surface area contributed by atoms with Crippen LogP contribution in [-0.2, 0) is 0 Å². The number of fused-ring (bicyclic) bond motifs is 1. The molecule has 3 aromatic rings. The van der Waals surface area contributed by atoms with Gasteiger partial charge in [-0.2, -0.15) is 0 Å². The Kier molecular flexibility index (Phi) is 3.74. The summed E-state index contributed by atoms with van der Waals surface area (Å²) in [5, 5.41) is 6.13. The Morgan fingerprint density at radius 3 is 2.90 bits per heavy atom. The van der Waals surface area contributed by atoms with E-state index in [4.69, 9.17) is 17.4 Å². The van der Waals surface area contributed by atoms with Crippen molar-refractivity contribution in [3.05, 3.63) is 52.5 Å². The summed E-state index contributed by atoms with van der Waals surface area (Å²) in [5.41, 5.74) is 3.48. The average molecular weight is 319 g/mol. The van der Waals surface area contributed by atoms with Crippen LogP contribution < -0.4 is 16.6 Å². The molecule has 1 amide bonds. The van der Waals surface area contributed by atoms with E-state index in [0.29, 0.717) is 11.4 Å². The van der Waals surface area contributed by atoms with Crippen molar-refractivity contribution < 1.29 is 4.79 Å². The first-order chi connectivity index (χ1) is 10.2. The van der Waals surface area contributed by atoms with E-state index in [1.54, 1.807) is 11.3 Å². The van der Waals surface area contributed by atoms with E-state index in [1.807, 2.05) is 29.6 Å². The molecule has 0 fully saturated rings. The minimum absolute atomic E-state index is 0.198. The van der Waals surface area contributed by atoms with Gasteiger partial charge in [-0.3, -0.25) is 4.79 Å². The minimum Gasteiger partial charge on any atom is -0.322 e. The summed E-state index contributed by atoms with van der Waals surface area (Å²) in [6.45, 7) is 0. The topological polar surface area (TPSA) is 80.0 Å². The van der Waals surface area contributed by atoms with Crippen LogP contribution in [-0.4, -0.2) is 10.9 Å². The summed E-state index contributed by atoms with van der Waals surface area (Å²) >= 11 is 7.51. The first-order valence-corrected chi connectivity index (χ1v) is 7.34. The zero-order chi connectivity index (χ0) is 14.8.